The second-order valence-corrected chi connectivity index (χ2v) is 7.97. The molecule has 0 spiro atoms. The van der Waals surface area contributed by atoms with E-state index in [-0.39, 0.29) is 0 Å². The molecule has 28 heavy (non-hydrogen) atoms. The van der Waals surface area contributed by atoms with E-state index in [2.05, 4.69) is 122 Å². The van der Waals surface area contributed by atoms with Crippen LogP contribution in [0, 0.1) is 0 Å². The maximum atomic E-state index is 4.46. The van der Waals surface area contributed by atoms with Crippen LogP contribution in [0.4, 0.5) is 0 Å². The highest BCUT2D eigenvalue weighted by molar-refractivity contribution is 7.80. The monoisotopic (exact) mass is 394 g/mol. The Kier molecular flexibility index (Phi) is 4.38. The highest BCUT2D eigenvalue weighted by Gasteiger charge is 2.15. The Balaban J connectivity index is 1.96. The molecule has 0 aliphatic rings. The fourth-order valence-corrected chi connectivity index (χ4v) is 4.30. The lowest BCUT2D eigenvalue weighted by Crippen LogP contribution is -1.90. The van der Waals surface area contributed by atoms with Gasteiger partial charge in [-0.05, 0) is 68.1 Å². The van der Waals surface area contributed by atoms with Crippen LogP contribution in [0.3, 0.4) is 0 Å². The van der Waals surface area contributed by atoms with Crippen LogP contribution in [0.2, 0.25) is 0 Å². The van der Waals surface area contributed by atoms with Gasteiger partial charge < -0.3 is 0 Å². The molecule has 0 amide bonds. The molecule has 0 aromatic heterocycles. The van der Waals surface area contributed by atoms with Crippen molar-refractivity contribution >= 4 is 46.8 Å². The number of benzene rings is 5. The molecule has 0 radical (unpaired) electrons. The van der Waals surface area contributed by atoms with E-state index in [0.717, 1.165) is 9.79 Å². The van der Waals surface area contributed by atoms with Crippen molar-refractivity contribution in [1.29, 1.82) is 0 Å². The Morgan fingerprint density at radius 1 is 0.357 bits per heavy atom. The van der Waals surface area contributed by atoms with E-state index >= 15 is 0 Å². The maximum absolute atomic E-state index is 4.46. The standard InChI is InChI=1S/C26H18S2/c27-19-13-9-17(10-14-19)25-21-5-1-2-6-22(21)26(18-11-15-20(28)16-12-18)24-8-4-3-7-23(24)25/h1-16,27-28H. The molecular weight excluding hydrogens is 376 g/mol. The largest absolute Gasteiger partial charge is 0.143 e. The summed E-state index contributed by atoms with van der Waals surface area (Å²) in [7, 11) is 0. The van der Waals surface area contributed by atoms with Crippen molar-refractivity contribution in [3.05, 3.63) is 97.1 Å². The molecule has 5 aromatic rings. The number of hydrogen-bond donors (Lipinski definition) is 2. The summed E-state index contributed by atoms with van der Waals surface area (Å²) in [4.78, 5) is 1.95. The summed E-state index contributed by atoms with van der Waals surface area (Å²) in [5.74, 6) is 0. The molecule has 0 unspecified atom stereocenters. The first kappa shape index (κ1) is 17.4. The third-order valence-corrected chi connectivity index (χ3v) is 5.84. The zero-order valence-electron chi connectivity index (χ0n) is 15.1. The van der Waals surface area contributed by atoms with Gasteiger partial charge in [0.15, 0.2) is 0 Å². The van der Waals surface area contributed by atoms with Crippen molar-refractivity contribution in [3.63, 3.8) is 0 Å². The van der Waals surface area contributed by atoms with Gasteiger partial charge in [0, 0.05) is 9.79 Å². The lowest BCUT2D eigenvalue weighted by atomic mass is 9.86. The lowest BCUT2D eigenvalue weighted by molar-refractivity contribution is 1.47. The number of thiol groups is 2. The van der Waals surface area contributed by atoms with Gasteiger partial charge in [-0.3, -0.25) is 0 Å². The number of rotatable bonds is 2. The van der Waals surface area contributed by atoms with E-state index < -0.39 is 0 Å². The van der Waals surface area contributed by atoms with Crippen molar-refractivity contribution < 1.29 is 0 Å². The van der Waals surface area contributed by atoms with Gasteiger partial charge >= 0.3 is 0 Å². The summed E-state index contributed by atoms with van der Waals surface area (Å²) in [6.07, 6.45) is 0. The van der Waals surface area contributed by atoms with Crippen molar-refractivity contribution in [2.75, 3.05) is 0 Å². The number of hydrogen-bond acceptors (Lipinski definition) is 2. The second-order valence-electron chi connectivity index (χ2n) is 6.93. The third kappa shape index (κ3) is 2.90. The van der Waals surface area contributed by atoms with Gasteiger partial charge in [0.05, 0.1) is 0 Å². The quantitative estimate of drug-likeness (QED) is 0.221. The maximum Gasteiger partial charge on any atom is 0.00404 e. The number of fused-ring (bicyclic) bond motifs is 2. The van der Waals surface area contributed by atoms with Gasteiger partial charge in [0.1, 0.15) is 0 Å². The van der Waals surface area contributed by atoms with Crippen molar-refractivity contribution in [3.8, 4) is 22.3 Å². The van der Waals surface area contributed by atoms with Crippen molar-refractivity contribution in [1.82, 2.24) is 0 Å². The molecule has 0 aliphatic heterocycles. The first-order valence-electron chi connectivity index (χ1n) is 9.24. The Morgan fingerprint density at radius 3 is 0.929 bits per heavy atom. The first-order valence-corrected chi connectivity index (χ1v) is 10.1. The molecular formula is C26H18S2. The predicted octanol–water partition coefficient (Wildman–Crippen LogP) is 7.90. The first-order chi connectivity index (χ1) is 13.7. The Morgan fingerprint density at radius 2 is 0.643 bits per heavy atom. The predicted molar refractivity (Wildman–Crippen MR) is 127 cm³/mol. The fraction of sp³-hybridized carbons (Fsp3) is 0. The van der Waals surface area contributed by atoms with E-state index in [9.17, 15) is 0 Å². The Hall–Kier alpha value is -2.68. The van der Waals surface area contributed by atoms with Gasteiger partial charge in [-0.15, -0.1) is 25.3 Å². The van der Waals surface area contributed by atoms with E-state index in [1.54, 1.807) is 0 Å². The minimum Gasteiger partial charge on any atom is -0.143 e. The van der Waals surface area contributed by atoms with Gasteiger partial charge in [-0.25, -0.2) is 0 Å². The van der Waals surface area contributed by atoms with Gasteiger partial charge in [0.2, 0.25) is 0 Å². The van der Waals surface area contributed by atoms with Gasteiger partial charge in [-0.1, -0.05) is 72.8 Å². The molecule has 0 fully saturated rings. The van der Waals surface area contributed by atoms with Crippen LogP contribution in [0.25, 0.3) is 43.8 Å². The molecule has 0 aliphatic carbocycles. The second kappa shape index (κ2) is 7.05. The van der Waals surface area contributed by atoms with Crippen LogP contribution >= 0.6 is 25.3 Å². The average Bonchev–Trinajstić information content (AvgIpc) is 2.74. The average molecular weight is 395 g/mol. The third-order valence-electron chi connectivity index (χ3n) is 5.24. The minimum absolute atomic E-state index is 0.973. The summed E-state index contributed by atoms with van der Waals surface area (Å²) < 4.78 is 0. The van der Waals surface area contributed by atoms with Crippen LogP contribution in [-0.2, 0) is 0 Å². The molecule has 0 N–H and O–H groups in total. The van der Waals surface area contributed by atoms with Crippen LogP contribution in [0.15, 0.2) is 107 Å². The molecule has 0 bridgehead atoms. The molecule has 0 nitrogen and oxygen atoms in total. The highest BCUT2D eigenvalue weighted by Crippen LogP contribution is 2.43. The van der Waals surface area contributed by atoms with E-state index in [1.807, 2.05) is 0 Å². The minimum atomic E-state index is 0.973. The van der Waals surface area contributed by atoms with Crippen LogP contribution in [-0.4, -0.2) is 0 Å². The van der Waals surface area contributed by atoms with E-state index in [1.165, 1.54) is 43.8 Å². The van der Waals surface area contributed by atoms with Crippen LogP contribution < -0.4 is 0 Å². The molecule has 0 saturated heterocycles. The van der Waals surface area contributed by atoms with Crippen LogP contribution in [0.5, 0.6) is 0 Å². The van der Waals surface area contributed by atoms with Gasteiger partial charge in [-0.2, -0.15) is 0 Å². The Labute approximate surface area is 175 Å². The zero-order valence-corrected chi connectivity index (χ0v) is 16.9. The SMILES string of the molecule is Sc1ccc(-c2c3ccccc3c(-c3ccc(S)cc3)c3ccccc23)cc1. The molecule has 0 heterocycles. The Bertz CT molecular complexity index is 1140. The highest BCUT2D eigenvalue weighted by atomic mass is 32.1. The van der Waals surface area contributed by atoms with Crippen LogP contribution in [0.1, 0.15) is 0 Å². The smallest absolute Gasteiger partial charge is 0.00404 e. The summed E-state index contributed by atoms with van der Waals surface area (Å²) in [5.41, 5.74) is 4.97. The summed E-state index contributed by atoms with van der Waals surface area (Å²) in [6.45, 7) is 0. The van der Waals surface area contributed by atoms with Crippen molar-refractivity contribution in [2.45, 2.75) is 9.79 Å². The lowest BCUT2D eigenvalue weighted by Gasteiger charge is -2.17. The molecule has 0 saturated carbocycles. The molecule has 2 heteroatoms. The fourth-order valence-electron chi connectivity index (χ4n) is 4.01. The van der Waals surface area contributed by atoms with Gasteiger partial charge in [0.25, 0.3) is 0 Å². The molecule has 0 atom stereocenters. The molecule has 134 valence electrons. The molecule has 5 rings (SSSR count). The van der Waals surface area contributed by atoms with E-state index in [4.69, 9.17) is 0 Å². The molecule has 5 aromatic carbocycles. The zero-order chi connectivity index (χ0) is 19.1. The van der Waals surface area contributed by atoms with E-state index in [0.29, 0.717) is 0 Å². The van der Waals surface area contributed by atoms with Crippen molar-refractivity contribution in [2.24, 2.45) is 0 Å². The summed E-state index contributed by atoms with van der Waals surface area (Å²) >= 11 is 8.91. The summed E-state index contributed by atoms with van der Waals surface area (Å²) in [6, 6.07) is 34.2. The normalized spacial score (nSPS) is 11.2. The summed E-state index contributed by atoms with van der Waals surface area (Å²) in [5, 5.41) is 5.05. The topological polar surface area (TPSA) is 0 Å².